The zero-order chi connectivity index (χ0) is 18.7. The quantitative estimate of drug-likeness (QED) is 0.842. The van der Waals surface area contributed by atoms with Crippen LogP contribution in [0.5, 0.6) is 0 Å². The van der Waals surface area contributed by atoms with Gasteiger partial charge in [-0.15, -0.1) is 11.3 Å². The number of methoxy groups -OCH3 is 1. The van der Waals surface area contributed by atoms with Crippen LogP contribution in [0.15, 0.2) is 29.6 Å². The molecule has 2 heterocycles. The summed E-state index contributed by atoms with van der Waals surface area (Å²) in [6.45, 7) is 3.26. The number of anilines is 1. The number of rotatable bonds is 6. The van der Waals surface area contributed by atoms with Crippen LogP contribution in [0.1, 0.15) is 28.3 Å². The monoisotopic (exact) mass is 376 g/mol. The number of fused-ring (bicyclic) bond motifs is 1. The Bertz CT molecular complexity index is 821. The molecule has 138 valence electrons. The Morgan fingerprint density at radius 2 is 2.23 bits per heavy atom. The van der Waals surface area contributed by atoms with E-state index in [0.717, 1.165) is 10.4 Å². The van der Waals surface area contributed by atoms with Crippen molar-refractivity contribution < 1.29 is 18.7 Å². The van der Waals surface area contributed by atoms with E-state index in [1.807, 2.05) is 18.4 Å². The fourth-order valence-electron chi connectivity index (χ4n) is 3.08. The number of hydrogen-bond acceptors (Lipinski definition) is 4. The molecule has 0 radical (unpaired) electrons. The van der Waals surface area contributed by atoms with Crippen LogP contribution < -0.4 is 5.32 Å². The molecule has 0 bridgehead atoms. The maximum absolute atomic E-state index is 13.7. The van der Waals surface area contributed by atoms with Crippen LogP contribution in [0.4, 0.5) is 10.1 Å². The first-order valence-corrected chi connectivity index (χ1v) is 9.27. The number of nitrogens with one attached hydrogen (secondary N) is 1. The molecule has 1 aromatic heterocycles. The Morgan fingerprint density at radius 3 is 2.92 bits per heavy atom. The van der Waals surface area contributed by atoms with Crippen molar-refractivity contribution >= 4 is 28.8 Å². The molecular weight excluding hydrogens is 355 g/mol. The molecule has 1 aliphatic rings. The summed E-state index contributed by atoms with van der Waals surface area (Å²) >= 11 is 1.59. The summed E-state index contributed by atoms with van der Waals surface area (Å²) in [6.07, 6.45) is 0.0161. The predicted molar refractivity (Wildman–Crippen MR) is 98.7 cm³/mol. The van der Waals surface area contributed by atoms with Crippen molar-refractivity contribution in [3.63, 3.8) is 0 Å². The van der Waals surface area contributed by atoms with E-state index >= 15 is 0 Å². The van der Waals surface area contributed by atoms with Gasteiger partial charge < -0.3 is 15.0 Å². The molecule has 1 aliphatic heterocycles. The van der Waals surface area contributed by atoms with Crippen molar-refractivity contribution in [3.05, 3.63) is 51.5 Å². The minimum atomic E-state index is -0.688. The number of carbonyl (C=O) groups is 2. The van der Waals surface area contributed by atoms with E-state index < -0.39 is 11.7 Å². The van der Waals surface area contributed by atoms with E-state index in [9.17, 15) is 14.0 Å². The fraction of sp³-hybridized carbons (Fsp3) is 0.368. The Labute approximate surface area is 155 Å². The Morgan fingerprint density at radius 1 is 1.42 bits per heavy atom. The summed E-state index contributed by atoms with van der Waals surface area (Å²) in [5.74, 6) is -1.53. The van der Waals surface area contributed by atoms with Crippen molar-refractivity contribution in [2.24, 2.45) is 0 Å². The second-order valence-corrected chi connectivity index (χ2v) is 7.32. The lowest BCUT2D eigenvalue weighted by molar-refractivity contribution is -0.136. The van der Waals surface area contributed by atoms with E-state index in [-0.39, 0.29) is 18.2 Å². The van der Waals surface area contributed by atoms with Crippen molar-refractivity contribution in [2.45, 2.75) is 25.8 Å². The van der Waals surface area contributed by atoms with E-state index in [1.54, 1.807) is 23.3 Å². The first kappa shape index (κ1) is 18.5. The summed E-state index contributed by atoms with van der Waals surface area (Å²) < 4.78 is 18.9. The molecule has 1 unspecified atom stereocenters. The van der Waals surface area contributed by atoms with Gasteiger partial charge in [0.15, 0.2) is 0 Å². The van der Waals surface area contributed by atoms with E-state index in [2.05, 4.69) is 5.32 Å². The zero-order valence-electron chi connectivity index (χ0n) is 14.8. The van der Waals surface area contributed by atoms with Crippen LogP contribution in [-0.4, -0.2) is 37.0 Å². The van der Waals surface area contributed by atoms with Crippen molar-refractivity contribution in [3.8, 4) is 0 Å². The van der Waals surface area contributed by atoms with Gasteiger partial charge in [-0.1, -0.05) is 0 Å². The van der Waals surface area contributed by atoms with Gasteiger partial charge in [0.25, 0.3) is 0 Å². The number of ether oxygens (including phenoxy) is 1. The predicted octanol–water partition coefficient (Wildman–Crippen LogP) is 3.30. The van der Waals surface area contributed by atoms with E-state index in [0.29, 0.717) is 30.9 Å². The van der Waals surface area contributed by atoms with Gasteiger partial charge in [-0.05, 0) is 47.7 Å². The molecule has 26 heavy (non-hydrogen) atoms. The summed E-state index contributed by atoms with van der Waals surface area (Å²) in [7, 11) is 1.58. The van der Waals surface area contributed by atoms with Crippen molar-refractivity contribution in [2.75, 3.05) is 25.6 Å². The average molecular weight is 376 g/mol. The Kier molecular flexibility index (Phi) is 5.68. The molecule has 1 atom stereocenters. The second-order valence-electron chi connectivity index (χ2n) is 6.32. The highest BCUT2D eigenvalue weighted by atomic mass is 32.1. The third-order valence-corrected chi connectivity index (χ3v) is 5.54. The van der Waals surface area contributed by atoms with Gasteiger partial charge in [-0.25, -0.2) is 4.39 Å². The highest BCUT2D eigenvalue weighted by molar-refractivity contribution is 7.10. The number of halogens is 1. The minimum absolute atomic E-state index is 0.0161. The van der Waals surface area contributed by atoms with Gasteiger partial charge in [0.05, 0.1) is 19.1 Å². The summed E-state index contributed by atoms with van der Waals surface area (Å²) in [4.78, 5) is 28.1. The minimum Gasteiger partial charge on any atom is -0.383 e. The number of carbonyl (C=O) groups excluding carboxylic acids is 2. The number of nitrogens with zero attached hydrogens (tertiary/aromatic N) is 1. The third-order valence-electron chi connectivity index (χ3n) is 4.53. The average Bonchev–Trinajstić information content (AvgIpc) is 3.02. The van der Waals surface area contributed by atoms with Crippen LogP contribution in [0.3, 0.4) is 0 Å². The van der Waals surface area contributed by atoms with Crippen molar-refractivity contribution in [1.82, 2.24) is 4.90 Å². The summed E-state index contributed by atoms with van der Waals surface area (Å²) in [6, 6.07) is 6.13. The molecule has 5 nitrogen and oxygen atoms in total. The molecule has 0 spiro atoms. The molecule has 0 aliphatic carbocycles. The van der Waals surface area contributed by atoms with Crippen LogP contribution in [0, 0.1) is 12.7 Å². The standard InChI is InChI=1S/C19H21FN2O3S/c1-12-5-8-26-17(12)11-22(6-7-25-2)19(24)15-10-18(23)21-16-4-3-13(20)9-14(15)16/h3-5,8-9,15H,6-7,10-11H2,1-2H3,(H,21,23). The molecule has 0 saturated heterocycles. The third kappa shape index (κ3) is 3.94. The fourth-order valence-corrected chi connectivity index (χ4v) is 4.00. The van der Waals surface area contributed by atoms with Gasteiger partial charge in [-0.2, -0.15) is 0 Å². The highest BCUT2D eigenvalue weighted by Crippen LogP contribution is 2.34. The SMILES string of the molecule is COCCN(Cc1sccc1C)C(=O)C1CC(=O)Nc2ccc(F)cc21. The van der Waals surface area contributed by atoms with Gasteiger partial charge in [0.1, 0.15) is 5.82 Å². The number of thiophene rings is 1. The lowest BCUT2D eigenvalue weighted by atomic mass is 9.89. The zero-order valence-corrected chi connectivity index (χ0v) is 15.6. The smallest absolute Gasteiger partial charge is 0.231 e. The molecule has 3 rings (SSSR count). The summed E-state index contributed by atoms with van der Waals surface area (Å²) in [5.41, 5.74) is 2.15. The molecule has 2 amide bonds. The van der Waals surface area contributed by atoms with Crippen LogP contribution in [0.25, 0.3) is 0 Å². The van der Waals surface area contributed by atoms with Crippen molar-refractivity contribution in [1.29, 1.82) is 0 Å². The van der Waals surface area contributed by atoms with Gasteiger partial charge in [0, 0.05) is 30.6 Å². The van der Waals surface area contributed by atoms with Crippen LogP contribution in [-0.2, 0) is 20.9 Å². The molecule has 0 saturated carbocycles. The highest BCUT2D eigenvalue weighted by Gasteiger charge is 2.34. The molecule has 7 heteroatoms. The lowest BCUT2D eigenvalue weighted by Gasteiger charge is -2.30. The molecule has 0 fully saturated rings. The normalized spacial score (nSPS) is 16.1. The summed E-state index contributed by atoms with van der Waals surface area (Å²) in [5, 5.41) is 4.70. The molecular formula is C19H21FN2O3S. The Hall–Kier alpha value is -2.25. The second kappa shape index (κ2) is 7.97. The molecule has 1 aromatic carbocycles. The number of aryl methyl sites for hydroxylation is 1. The topological polar surface area (TPSA) is 58.6 Å². The number of hydrogen-bond donors (Lipinski definition) is 1. The van der Waals surface area contributed by atoms with E-state index in [4.69, 9.17) is 4.74 Å². The largest absolute Gasteiger partial charge is 0.383 e. The molecule has 2 aromatic rings. The number of amides is 2. The van der Waals surface area contributed by atoms with Gasteiger partial charge in [0.2, 0.25) is 11.8 Å². The maximum atomic E-state index is 13.7. The molecule has 1 N–H and O–H groups in total. The van der Waals surface area contributed by atoms with Gasteiger partial charge >= 0.3 is 0 Å². The van der Waals surface area contributed by atoms with Crippen LogP contribution >= 0.6 is 11.3 Å². The first-order chi connectivity index (χ1) is 12.5. The Balaban J connectivity index is 1.90. The number of benzene rings is 1. The maximum Gasteiger partial charge on any atom is 0.231 e. The van der Waals surface area contributed by atoms with Gasteiger partial charge in [-0.3, -0.25) is 9.59 Å². The van der Waals surface area contributed by atoms with Crippen LogP contribution in [0.2, 0.25) is 0 Å². The first-order valence-electron chi connectivity index (χ1n) is 8.39. The van der Waals surface area contributed by atoms with E-state index in [1.165, 1.54) is 18.2 Å². The lowest BCUT2D eigenvalue weighted by Crippen LogP contribution is -2.40.